The Kier molecular flexibility index (Phi) is 4.93. The van der Waals surface area contributed by atoms with E-state index in [9.17, 15) is 17.6 Å². The number of fused-ring (bicyclic) bond motifs is 1. The SMILES string of the molecule is O=C(CCc1c(-c2ccccc2)[nH]c2ccc(F)cc12)NC1CCS(=O)(=O)C1. The maximum atomic E-state index is 13.8. The van der Waals surface area contributed by atoms with Crippen LogP contribution in [0.2, 0.25) is 0 Å². The van der Waals surface area contributed by atoms with Crippen molar-refractivity contribution in [1.82, 2.24) is 10.3 Å². The lowest BCUT2D eigenvalue weighted by Gasteiger charge is -2.11. The van der Waals surface area contributed by atoms with Gasteiger partial charge in [0, 0.05) is 29.1 Å². The van der Waals surface area contributed by atoms with Crippen LogP contribution in [-0.2, 0) is 21.1 Å². The zero-order valence-electron chi connectivity index (χ0n) is 15.2. The number of rotatable bonds is 5. The van der Waals surface area contributed by atoms with E-state index in [1.54, 1.807) is 6.07 Å². The Balaban J connectivity index is 1.57. The zero-order chi connectivity index (χ0) is 19.7. The van der Waals surface area contributed by atoms with Crippen LogP contribution in [0, 0.1) is 5.82 Å². The summed E-state index contributed by atoms with van der Waals surface area (Å²) < 4.78 is 36.9. The van der Waals surface area contributed by atoms with E-state index in [4.69, 9.17) is 0 Å². The van der Waals surface area contributed by atoms with Crippen LogP contribution in [-0.4, -0.2) is 36.9 Å². The van der Waals surface area contributed by atoms with Gasteiger partial charge >= 0.3 is 0 Å². The molecule has 1 fully saturated rings. The molecule has 1 saturated heterocycles. The minimum Gasteiger partial charge on any atom is -0.354 e. The molecule has 1 unspecified atom stereocenters. The van der Waals surface area contributed by atoms with Crippen LogP contribution < -0.4 is 5.32 Å². The minimum atomic E-state index is -3.04. The molecule has 5 nitrogen and oxygen atoms in total. The fraction of sp³-hybridized carbons (Fsp3) is 0.286. The molecule has 0 radical (unpaired) electrons. The van der Waals surface area contributed by atoms with E-state index in [1.165, 1.54) is 12.1 Å². The molecule has 0 aliphatic carbocycles. The highest BCUT2D eigenvalue weighted by atomic mass is 32.2. The number of aromatic nitrogens is 1. The quantitative estimate of drug-likeness (QED) is 0.690. The molecule has 2 aromatic carbocycles. The van der Waals surface area contributed by atoms with Crippen molar-refractivity contribution in [2.24, 2.45) is 0 Å². The number of aryl methyl sites for hydroxylation is 1. The summed E-state index contributed by atoms with van der Waals surface area (Å²) in [5.74, 6) is -0.385. The normalized spacial score (nSPS) is 18.4. The van der Waals surface area contributed by atoms with E-state index >= 15 is 0 Å². The largest absolute Gasteiger partial charge is 0.354 e. The third-order valence-corrected chi connectivity index (χ3v) is 6.90. The molecule has 0 bridgehead atoms. The predicted molar refractivity (Wildman–Crippen MR) is 107 cm³/mol. The van der Waals surface area contributed by atoms with E-state index in [0.29, 0.717) is 12.8 Å². The first-order valence-electron chi connectivity index (χ1n) is 9.26. The molecule has 1 amide bonds. The first-order valence-corrected chi connectivity index (χ1v) is 11.1. The standard InChI is InChI=1S/C21H21FN2O3S/c22-15-6-8-19-18(12-15)17(21(24-19)14-4-2-1-3-5-14)7-9-20(25)23-16-10-11-28(26,27)13-16/h1-6,8,12,16,24H,7,9-11,13H2,(H,23,25). The summed E-state index contributed by atoms with van der Waals surface area (Å²) in [6.45, 7) is 0. The molecule has 0 spiro atoms. The van der Waals surface area contributed by atoms with Crippen LogP contribution in [0.25, 0.3) is 22.2 Å². The minimum absolute atomic E-state index is 0.00625. The number of carbonyl (C=O) groups excluding carboxylic acids is 1. The molecule has 1 atom stereocenters. The van der Waals surface area contributed by atoms with Crippen molar-refractivity contribution in [1.29, 1.82) is 0 Å². The maximum Gasteiger partial charge on any atom is 0.220 e. The van der Waals surface area contributed by atoms with Crippen molar-refractivity contribution < 1.29 is 17.6 Å². The van der Waals surface area contributed by atoms with E-state index in [0.717, 1.165) is 27.7 Å². The monoisotopic (exact) mass is 400 g/mol. The Morgan fingerprint density at radius 2 is 1.96 bits per heavy atom. The lowest BCUT2D eigenvalue weighted by molar-refractivity contribution is -0.121. The average molecular weight is 400 g/mol. The van der Waals surface area contributed by atoms with Crippen LogP contribution in [0.15, 0.2) is 48.5 Å². The van der Waals surface area contributed by atoms with Crippen LogP contribution in [0.4, 0.5) is 4.39 Å². The molecule has 2 heterocycles. The first-order chi connectivity index (χ1) is 13.4. The third kappa shape index (κ3) is 3.94. The molecule has 1 aliphatic rings. The van der Waals surface area contributed by atoms with Crippen molar-refractivity contribution in [3.8, 4) is 11.3 Å². The average Bonchev–Trinajstić information content (AvgIpc) is 3.19. The second-order valence-corrected chi connectivity index (χ2v) is 9.43. The van der Waals surface area contributed by atoms with Crippen molar-refractivity contribution in [3.05, 3.63) is 59.9 Å². The summed E-state index contributed by atoms with van der Waals surface area (Å²) in [5, 5.41) is 3.57. The number of H-pyrrole nitrogens is 1. The summed E-state index contributed by atoms with van der Waals surface area (Å²) in [4.78, 5) is 15.7. The number of hydrogen-bond acceptors (Lipinski definition) is 3. The number of nitrogens with one attached hydrogen (secondary N) is 2. The molecule has 3 aromatic rings. The number of benzene rings is 2. The van der Waals surface area contributed by atoms with Gasteiger partial charge in [-0.1, -0.05) is 30.3 Å². The second-order valence-electron chi connectivity index (χ2n) is 7.20. The molecular weight excluding hydrogens is 379 g/mol. The number of carbonyl (C=O) groups is 1. The molecule has 1 aliphatic heterocycles. The van der Waals surface area contributed by atoms with Gasteiger partial charge in [-0.25, -0.2) is 12.8 Å². The molecule has 146 valence electrons. The van der Waals surface area contributed by atoms with Gasteiger partial charge in [-0.15, -0.1) is 0 Å². The first kappa shape index (κ1) is 18.7. The second kappa shape index (κ2) is 7.39. The highest BCUT2D eigenvalue weighted by Gasteiger charge is 2.28. The fourth-order valence-electron chi connectivity index (χ4n) is 3.78. The Labute approximate surface area is 162 Å². The number of hydrogen-bond donors (Lipinski definition) is 2. The van der Waals surface area contributed by atoms with Gasteiger partial charge in [-0.05, 0) is 42.2 Å². The smallest absolute Gasteiger partial charge is 0.220 e. The summed E-state index contributed by atoms with van der Waals surface area (Å²) in [7, 11) is -3.04. The Bertz CT molecular complexity index is 1120. The van der Waals surface area contributed by atoms with Gasteiger partial charge in [-0.3, -0.25) is 4.79 Å². The Hall–Kier alpha value is -2.67. The van der Waals surface area contributed by atoms with E-state index < -0.39 is 9.84 Å². The van der Waals surface area contributed by atoms with Crippen LogP contribution in [0.1, 0.15) is 18.4 Å². The van der Waals surface area contributed by atoms with Gasteiger partial charge in [0.05, 0.1) is 11.5 Å². The number of sulfone groups is 1. The number of halogens is 1. The number of amides is 1. The van der Waals surface area contributed by atoms with Gasteiger partial charge in [0.15, 0.2) is 9.84 Å². The van der Waals surface area contributed by atoms with Crippen molar-refractivity contribution in [2.75, 3.05) is 11.5 Å². The topological polar surface area (TPSA) is 79.0 Å². The maximum absolute atomic E-state index is 13.8. The molecule has 2 N–H and O–H groups in total. The van der Waals surface area contributed by atoms with E-state index in [1.807, 2.05) is 30.3 Å². The number of aromatic amines is 1. The molecule has 4 rings (SSSR count). The van der Waals surface area contributed by atoms with Gasteiger partial charge < -0.3 is 10.3 Å². The highest BCUT2D eigenvalue weighted by Crippen LogP contribution is 2.31. The summed E-state index contributed by atoms with van der Waals surface area (Å²) in [6, 6.07) is 14.0. The van der Waals surface area contributed by atoms with E-state index in [2.05, 4.69) is 10.3 Å². The lowest BCUT2D eigenvalue weighted by Crippen LogP contribution is -2.35. The van der Waals surface area contributed by atoms with Gasteiger partial charge in [-0.2, -0.15) is 0 Å². The molecule has 28 heavy (non-hydrogen) atoms. The lowest BCUT2D eigenvalue weighted by atomic mass is 10.0. The van der Waals surface area contributed by atoms with Crippen molar-refractivity contribution in [2.45, 2.75) is 25.3 Å². The molecular formula is C21H21FN2O3S. The van der Waals surface area contributed by atoms with Crippen molar-refractivity contribution >= 4 is 26.6 Å². The van der Waals surface area contributed by atoms with Gasteiger partial charge in [0.25, 0.3) is 0 Å². The molecule has 1 aromatic heterocycles. The van der Waals surface area contributed by atoms with Gasteiger partial charge in [0.1, 0.15) is 5.82 Å². The summed E-state index contributed by atoms with van der Waals surface area (Å²) >= 11 is 0. The molecule has 7 heteroatoms. The highest BCUT2D eigenvalue weighted by molar-refractivity contribution is 7.91. The van der Waals surface area contributed by atoms with Crippen LogP contribution in [0.3, 0.4) is 0 Å². The van der Waals surface area contributed by atoms with Crippen molar-refractivity contribution in [3.63, 3.8) is 0 Å². The van der Waals surface area contributed by atoms with Crippen LogP contribution in [0.5, 0.6) is 0 Å². The zero-order valence-corrected chi connectivity index (χ0v) is 16.1. The Morgan fingerprint density at radius 3 is 2.68 bits per heavy atom. The molecule has 0 saturated carbocycles. The summed E-state index contributed by atoms with van der Waals surface area (Å²) in [5.41, 5.74) is 3.54. The Morgan fingerprint density at radius 1 is 1.18 bits per heavy atom. The van der Waals surface area contributed by atoms with Gasteiger partial charge in [0.2, 0.25) is 5.91 Å². The fourth-order valence-corrected chi connectivity index (χ4v) is 5.45. The third-order valence-electron chi connectivity index (χ3n) is 5.13. The predicted octanol–water partition coefficient (Wildman–Crippen LogP) is 3.21. The van der Waals surface area contributed by atoms with E-state index in [-0.39, 0.29) is 35.7 Å². The summed E-state index contributed by atoms with van der Waals surface area (Å²) in [6.07, 6.45) is 1.10. The van der Waals surface area contributed by atoms with Crippen LogP contribution >= 0.6 is 0 Å².